The monoisotopic (exact) mass is 592 g/mol. The molecule has 0 fully saturated rings. The summed E-state index contributed by atoms with van der Waals surface area (Å²) in [6.45, 7) is 22.1. The smallest absolute Gasteiger partial charge is 0.124 e. The molecule has 0 aliphatic carbocycles. The molecule has 0 saturated heterocycles. The Hall–Kier alpha value is -3.52. The Morgan fingerprint density at radius 1 is 0.500 bits per heavy atom. The molecule has 4 aromatic rings. The van der Waals surface area contributed by atoms with Crippen LogP contribution in [0.15, 0.2) is 97.1 Å². The third-order valence-corrected chi connectivity index (χ3v) is 7.87. The maximum Gasteiger partial charge on any atom is 0.124 e. The van der Waals surface area contributed by atoms with Crippen molar-refractivity contribution in [1.29, 1.82) is 0 Å². The fourth-order valence-corrected chi connectivity index (χ4v) is 5.42. The highest BCUT2D eigenvalue weighted by Crippen LogP contribution is 2.37. The Kier molecular flexibility index (Phi) is 12.7. The molecule has 2 atom stereocenters. The van der Waals surface area contributed by atoms with E-state index in [0.29, 0.717) is 0 Å². The Bertz CT molecular complexity index is 1300. The predicted octanol–water partition coefficient (Wildman–Crippen LogP) is 12.4. The van der Waals surface area contributed by atoms with Crippen molar-refractivity contribution >= 4 is 0 Å². The van der Waals surface area contributed by atoms with E-state index in [4.69, 9.17) is 9.47 Å². The average Bonchev–Trinajstić information content (AvgIpc) is 2.98. The minimum absolute atomic E-state index is 0.0782. The summed E-state index contributed by atoms with van der Waals surface area (Å²) in [4.78, 5) is 0. The molecule has 236 valence electrons. The standard InChI is InChI=1S/2C21H28O/c2*1-6-10-19(17-11-8-7-9-12-17)22-20-14-13-16(2)15-18(20)21(3,4)5/h2*7-9,11-15,19H,6,10H2,1-5H3/t2*19-/m10/s1. The molecule has 0 saturated carbocycles. The molecule has 0 aromatic heterocycles. The van der Waals surface area contributed by atoms with Gasteiger partial charge >= 0.3 is 0 Å². The van der Waals surface area contributed by atoms with Gasteiger partial charge < -0.3 is 9.47 Å². The molecule has 4 rings (SSSR count). The lowest BCUT2D eigenvalue weighted by molar-refractivity contribution is 0.189. The zero-order chi connectivity index (χ0) is 32.3. The second-order valence-electron chi connectivity index (χ2n) is 14.1. The van der Waals surface area contributed by atoms with Gasteiger partial charge in [-0.05, 0) is 71.9 Å². The van der Waals surface area contributed by atoms with E-state index in [-0.39, 0.29) is 23.0 Å². The molecule has 0 radical (unpaired) electrons. The zero-order valence-electron chi connectivity index (χ0n) is 29.0. The molecule has 4 aromatic carbocycles. The highest BCUT2D eigenvalue weighted by Gasteiger charge is 2.23. The maximum atomic E-state index is 6.45. The fraction of sp³-hybridized carbons (Fsp3) is 0.429. The molecular weight excluding hydrogens is 536 g/mol. The fourth-order valence-electron chi connectivity index (χ4n) is 5.42. The van der Waals surface area contributed by atoms with Crippen LogP contribution in [0.25, 0.3) is 0 Å². The van der Waals surface area contributed by atoms with Gasteiger partial charge in [0.15, 0.2) is 0 Å². The van der Waals surface area contributed by atoms with Gasteiger partial charge in [0, 0.05) is 0 Å². The van der Waals surface area contributed by atoms with E-state index >= 15 is 0 Å². The number of hydrogen-bond acceptors (Lipinski definition) is 2. The lowest BCUT2D eigenvalue weighted by atomic mass is 9.85. The summed E-state index contributed by atoms with van der Waals surface area (Å²) < 4.78 is 12.9. The molecule has 2 heteroatoms. The summed E-state index contributed by atoms with van der Waals surface area (Å²) in [7, 11) is 0. The lowest BCUT2D eigenvalue weighted by Gasteiger charge is -2.27. The van der Waals surface area contributed by atoms with Crippen LogP contribution in [0, 0.1) is 13.8 Å². The van der Waals surface area contributed by atoms with Crippen LogP contribution in [-0.2, 0) is 10.8 Å². The second kappa shape index (κ2) is 16.0. The largest absolute Gasteiger partial charge is 0.485 e. The van der Waals surface area contributed by atoms with E-state index in [0.717, 1.165) is 37.2 Å². The highest BCUT2D eigenvalue weighted by molar-refractivity contribution is 5.43. The number of rotatable bonds is 10. The first-order chi connectivity index (χ1) is 20.8. The molecule has 0 heterocycles. The first-order valence-electron chi connectivity index (χ1n) is 16.5. The molecular formula is C42H56O2. The van der Waals surface area contributed by atoms with Crippen LogP contribution in [0.3, 0.4) is 0 Å². The summed E-state index contributed by atoms with van der Waals surface area (Å²) >= 11 is 0. The quantitative estimate of drug-likeness (QED) is 0.182. The maximum absolute atomic E-state index is 6.45. The van der Waals surface area contributed by atoms with E-state index < -0.39 is 0 Å². The molecule has 0 N–H and O–H groups in total. The van der Waals surface area contributed by atoms with Crippen molar-refractivity contribution in [3.8, 4) is 11.5 Å². The van der Waals surface area contributed by atoms with Crippen molar-refractivity contribution in [2.75, 3.05) is 0 Å². The van der Waals surface area contributed by atoms with Crippen molar-refractivity contribution in [3.63, 3.8) is 0 Å². The minimum Gasteiger partial charge on any atom is -0.485 e. The normalized spacial score (nSPS) is 13.0. The molecule has 0 amide bonds. The molecule has 0 spiro atoms. The van der Waals surface area contributed by atoms with Gasteiger partial charge in [-0.15, -0.1) is 0 Å². The molecule has 44 heavy (non-hydrogen) atoms. The summed E-state index contributed by atoms with van der Waals surface area (Å²) in [5.74, 6) is 2.03. The van der Waals surface area contributed by atoms with E-state index in [1.54, 1.807) is 0 Å². The van der Waals surface area contributed by atoms with Gasteiger partial charge in [0.1, 0.15) is 23.7 Å². The number of ether oxygens (including phenoxy) is 2. The first kappa shape index (κ1) is 35.0. The molecule has 2 nitrogen and oxygen atoms in total. The summed E-state index contributed by atoms with van der Waals surface area (Å²) in [5, 5.41) is 0. The van der Waals surface area contributed by atoms with E-state index in [1.165, 1.54) is 33.4 Å². The SMILES string of the molecule is CCC[C@@H](Oc1ccc(C)cc1C(C)(C)C)c1ccccc1.CCC[C@H](Oc1ccc(C)cc1C(C)(C)C)c1ccccc1. The summed E-state index contributed by atoms with van der Waals surface area (Å²) in [6.07, 6.45) is 4.51. The second-order valence-corrected chi connectivity index (χ2v) is 14.1. The van der Waals surface area contributed by atoms with Gasteiger partial charge in [-0.2, -0.15) is 0 Å². The first-order valence-corrected chi connectivity index (χ1v) is 16.5. The Morgan fingerprint density at radius 2 is 0.841 bits per heavy atom. The van der Waals surface area contributed by atoms with Gasteiger partial charge in [0.05, 0.1) is 0 Å². The lowest BCUT2D eigenvalue weighted by Crippen LogP contribution is -2.16. The van der Waals surface area contributed by atoms with E-state index in [1.807, 2.05) is 0 Å². The predicted molar refractivity (Wildman–Crippen MR) is 189 cm³/mol. The Labute approximate surface area is 268 Å². The number of hydrogen-bond donors (Lipinski definition) is 0. The van der Waals surface area contributed by atoms with Crippen LogP contribution in [0.5, 0.6) is 11.5 Å². The van der Waals surface area contributed by atoms with Crippen molar-refractivity contribution in [1.82, 2.24) is 0 Å². The molecule has 0 aliphatic heterocycles. The Balaban J connectivity index is 0.000000240. The molecule has 0 aliphatic rings. The van der Waals surface area contributed by atoms with Gasteiger partial charge in [0.25, 0.3) is 0 Å². The average molecular weight is 593 g/mol. The topological polar surface area (TPSA) is 18.5 Å². The van der Waals surface area contributed by atoms with Crippen LogP contribution in [0.2, 0.25) is 0 Å². The van der Waals surface area contributed by atoms with Crippen molar-refractivity contribution < 1.29 is 9.47 Å². The zero-order valence-corrected chi connectivity index (χ0v) is 29.0. The van der Waals surface area contributed by atoms with E-state index in [2.05, 4.69) is 166 Å². The third-order valence-electron chi connectivity index (χ3n) is 7.87. The van der Waals surface area contributed by atoms with Crippen LogP contribution < -0.4 is 9.47 Å². The highest BCUT2D eigenvalue weighted by atomic mass is 16.5. The number of benzene rings is 4. The van der Waals surface area contributed by atoms with Crippen molar-refractivity contribution in [3.05, 3.63) is 130 Å². The van der Waals surface area contributed by atoms with Gasteiger partial charge in [-0.25, -0.2) is 0 Å². The minimum atomic E-state index is 0.0782. The van der Waals surface area contributed by atoms with Crippen LogP contribution in [0.4, 0.5) is 0 Å². The van der Waals surface area contributed by atoms with Crippen LogP contribution in [-0.4, -0.2) is 0 Å². The van der Waals surface area contributed by atoms with Crippen LogP contribution >= 0.6 is 0 Å². The van der Waals surface area contributed by atoms with Gasteiger partial charge in [-0.1, -0.05) is 164 Å². The van der Waals surface area contributed by atoms with Crippen LogP contribution in [0.1, 0.15) is 127 Å². The third kappa shape index (κ3) is 10.3. The van der Waals surface area contributed by atoms with Gasteiger partial charge in [-0.3, -0.25) is 0 Å². The van der Waals surface area contributed by atoms with Crippen molar-refractivity contribution in [2.24, 2.45) is 0 Å². The number of aryl methyl sites for hydroxylation is 2. The molecule has 0 unspecified atom stereocenters. The van der Waals surface area contributed by atoms with Gasteiger partial charge in [0.2, 0.25) is 0 Å². The Morgan fingerprint density at radius 3 is 1.14 bits per heavy atom. The van der Waals surface area contributed by atoms with Crippen molar-refractivity contribution in [2.45, 2.75) is 118 Å². The summed E-state index contributed by atoms with van der Waals surface area (Å²) in [5.41, 5.74) is 7.79. The summed E-state index contributed by atoms with van der Waals surface area (Å²) in [6, 6.07) is 34.1. The molecule has 0 bridgehead atoms. The van der Waals surface area contributed by atoms with E-state index in [9.17, 15) is 0 Å².